The molecule has 0 aromatic heterocycles. The van der Waals surface area contributed by atoms with E-state index >= 15 is 0 Å². The zero-order valence-electron chi connectivity index (χ0n) is 26.7. The lowest BCUT2D eigenvalue weighted by molar-refractivity contribution is -0.0900. The fourth-order valence-corrected chi connectivity index (χ4v) is 7.67. The first-order valence-corrected chi connectivity index (χ1v) is 17.6. The van der Waals surface area contributed by atoms with Gasteiger partial charge in [-0.05, 0) is 77.0 Å². The highest BCUT2D eigenvalue weighted by molar-refractivity contribution is 5.00. The Kier molecular flexibility index (Phi) is 14.8. The molecule has 3 aliphatic carbocycles. The summed E-state index contributed by atoms with van der Waals surface area (Å²) in [5.41, 5.74) is 0. The minimum atomic E-state index is -0.463. The number of rotatable bonds is 15. The van der Waals surface area contributed by atoms with E-state index in [9.17, 15) is 15.3 Å². The van der Waals surface area contributed by atoms with Gasteiger partial charge in [-0.25, -0.2) is 0 Å². The molecule has 9 unspecified atom stereocenters. The largest absolute Gasteiger partial charge is 0.393 e. The van der Waals surface area contributed by atoms with Crippen LogP contribution < -0.4 is 16.0 Å². The van der Waals surface area contributed by atoms with Gasteiger partial charge < -0.3 is 29.5 Å². The average molecular weight is 598 g/mol. The van der Waals surface area contributed by atoms with E-state index in [1.807, 2.05) is 0 Å². The summed E-state index contributed by atoms with van der Waals surface area (Å²) in [6.45, 7) is 8.79. The minimum Gasteiger partial charge on any atom is -0.393 e. The molecule has 0 bridgehead atoms. The summed E-state index contributed by atoms with van der Waals surface area (Å²) < 4.78 is 18.2. The van der Waals surface area contributed by atoms with Crippen LogP contribution in [0.25, 0.3) is 0 Å². The highest BCUT2D eigenvalue weighted by Crippen LogP contribution is 2.36. The molecule has 4 fully saturated rings. The van der Waals surface area contributed by atoms with Crippen LogP contribution in [-0.4, -0.2) is 90.3 Å². The second-order valence-electron chi connectivity index (χ2n) is 13.6. The number of aliphatic hydroxyl groups excluding tert-OH is 3. The smallest absolute Gasteiger partial charge is 0.0649 e. The molecular weight excluding hydrogens is 534 g/mol. The molecule has 4 rings (SSSR count). The third-order valence-electron chi connectivity index (χ3n) is 10.4. The van der Waals surface area contributed by atoms with Crippen LogP contribution in [0.4, 0.5) is 0 Å². The second kappa shape index (κ2) is 18.0. The highest BCUT2D eigenvalue weighted by atomic mass is 16.5. The summed E-state index contributed by atoms with van der Waals surface area (Å²) in [6, 6.07) is 0. The Labute approximate surface area is 255 Å². The SMILES string of the molecule is CCCCOC1CCC(C2NC(C3CCC(OCCCC)CC3O)NC(C3CCC(OCCCC)CC3O)N2)C(O)C1. The summed E-state index contributed by atoms with van der Waals surface area (Å²) in [5.74, 6) is 0.125. The molecule has 42 heavy (non-hydrogen) atoms. The molecule has 0 amide bonds. The number of nitrogens with one attached hydrogen (secondary N) is 3. The zero-order chi connectivity index (χ0) is 29.9. The average Bonchev–Trinajstić information content (AvgIpc) is 2.97. The molecule has 9 atom stereocenters. The third kappa shape index (κ3) is 9.82. The molecule has 9 nitrogen and oxygen atoms in total. The first-order chi connectivity index (χ1) is 20.4. The number of hydrogen-bond acceptors (Lipinski definition) is 9. The standard InChI is InChI=1S/C33H63N3O6/c1-4-7-16-40-22-10-13-25(28(37)19-22)31-34-32(26-14-11-23(20-29(26)38)41-17-8-5-2)36-33(35-31)27-15-12-24(21-30(27)39)42-18-9-6-3/h22-39H,4-21H2,1-3H3. The molecule has 246 valence electrons. The molecule has 0 aromatic rings. The lowest BCUT2D eigenvalue weighted by atomic mass is 9.77. The summed E-state index contributed by atoms with van der Waals surface area (Å²) in [5, 5.41) is 45.3. The van der Waals surface area contributed by atoms with Crippen molar-refractivity contribution in [1.82, 2.24) is 16.0 Å². The van der Waals surface area contributed by atoms with Crippen LogP contribution in [0.2, 0.25) is 0 Å². The quantitative estimate of drug-likeness (QED) is 0.157. The van der Waals surface area contributed by atoms with Gasteiger partial charge in [0.15, 0.2) is 0 Å². The summed E-state index contributed by atoms with van der Waals surface area (Å²) in [4.78, 5) is 0. The fraction of sp³-hybridized carbons (Fsp3) is 1.00. The Hall–Kier alpha value is -0.360. The van der Waals surface area contributed by atoms with Crippen molar-refractivity contribution < 1.29 is 29.5 Å². The van der Waals surface area contributed by atoms with Crippen molar-refractivity contribution in [2.75, 3.05) is 19.8 Å². The molecule has 0 aromatic carbocycles. The van der Waals surface area contributed by atoms with Crippen molar-refractivity contribution in [2.45, 2.75) is 172 Å². The van der Waals surface area contributed by atoms with Crippen LogP contribution in [0, 0.1) is 17.8 Å². The summed E-state index contributed by atoms with van der Waals surface area (Å²) in [7, 11) is 0. The van der Waals surface area contributed by atoms with E-state index in [1.54, 1.807) is 0 Å². The van der Waals surface area contributed by atoms with Gasteiger partial charge in [0.2, 0.25) is 0 Å². The molecule has 4 aliphatic rings. The maximum atomic E-state index is 11.3. The minimum absolute atomic E-state index is 0.0415. The van der Waals surface area contributed by atoms with Crippen LogP contribution in [0.1, 0.15) is 117 Å². The molecule has 1 saturated heterocycles. The van der Waals surface area contributed by atoms with Crippen molar-refractivity contribution in [3.63, 3.8) is 0 Å². The van der Waals surface area contributed by atoms with Gasteiger partial charge in [0, 0.05) is 37.6 Å². The van der Waals surface area contributed by atoms with Crippen LogP contribution in [0.15, 0.2) is 0 Å². The molecule has 0 radical (unpaired) electrons. The van der Waals surface area contributed by atoms with Crippen molar-refractivity contribution in [3.05, 3.63) is 0 Å². The summed E-state index contributed by atoms with van der Waals surface area (Å²) >= 11 is 0. The zero-order valence-corrected chi connectivity index (χ0v) is 26.7. The predicted molar refractivity (Wildman–Crippen MR) is 165 cm³/mol. The summed E-state index contributed by atoms with van der Waals surface area (Å²) in [6.07, 6.45) is 12.6. The Balaban J connectivity index is 1.41. The van der Waals surface area contributed by atoms with Gasteiger partial charge in [-0.3, -0.25) is 16.0 Å². The fourth-order valence-electron chi connectivity index (χ4n) is 7.67. The van der Waals surface area contributed by atoms with Gasteiger partial charge in [0.05, 0.1) is 55.1 Å². The van der Waals surface area contributed by atoms with Crippen LogP contribution in [0.5, 0.6) is 0 Å². The number of ether oxygens (including phenoxy) is 3. The molecule has 1 aliphatic heterocycles. The lowest BCUT2D eigenvalue weighted by Crippen LogP contribution is -2.75. The normalized spacial score (nSPS) is 41.6. The van der Waals surface area contributed by atoms with Crippen molar-refractivity contribution >= 4 is 0 Å². The maximum Gasteiger partial charge on any atom is 0.0649 e. The molecule has 9 heteroatoms. The lowest BCUT2D eigenvalue weighted by Gasteiger charge is -2.51. The van der Waals surface area contributed by atoms with Crippen molar-refractivity contribution in [1.29, 1.82) is 0 Å². The van der Waals surface area contributed by atoms with E-state index in [-0.39, 0.29) is 54.6 Å². The van der Waals surface area contributed by atoms with E-state index in [1.165, 1.54) is 0 Å². The van der Waals surface area contributed by atoms with E-state index < -0.39 is 18.3 Å². The third-order valence-corrected chi connectivity index (χ3v) is 10.4. The number of hydrogen-bond donors (Lipinski definition) is 6. The maximum absolute atomic E-state index is 11.3. The van der Waals surface area contributed by atoms with E-state index in [0.29, 0.717) is 19.3 Å². The first-order valence-electron chi connectivity index (χ1n) is 17.6. The first kappa shape index (κ1) is 34.5. The topological polar surface area (TPSA) is 124 Å². The van der Waals surface area contributed by atoms with Gasteiger partial charge in [-0.15, -0.1) is 0 Å². The second-order valence-corrected chi connectivity index (χ2v) is 13.6. The molecule has 0 spiro atoms. The Bertz CT molecular complexity index is 647. The van der Waals surface area contributed by atoms with E-state index in [4.69, 9.17) is 14.2 Å². The Morgan fingerprint density at radius 3 is 1.00 bits per heavy atom. The highest BCUT2D eigenvalue weighted by Gasteiger charge is 2.46. The van der Waals surface area contributed by atoms with E-state index in [0.717, 1.165) is 96.9 Å². The van der Waals surface area contributed by atoms with Gasteiger partial charge in [-0.1, -0.05) is 40.0 Å². The molecule has 6 N–H and O–H groups in total. The van der Waals surface area contributed by atoms with Crippen molar-refractivity contribution in [3.8, 4) is 0 Å². The molecule has 1 heterocycles. The van der Waals surface area contributed by atoms with Gasteiger partial charge in [-0.2, -0.15) is 0 Å². The van der Waals surface area contributed by atoms with Crippen LogP contribution in [-0.2, 0) is 14.2 Å². The van der Waals surface area contributed by atoms with Gasteiger partial charge >= 0.3 is 0 Å². The Morgan fingerprint density at radius 2 is 0.762 bits per heavy atom. The predicted octanol–water partition coefficient (Wildman–Crippen LogP) is 3.79. The number of aliphatic hydroxyl groups is 3. The van der Waals surface area contributed by atoms with Gasteiger partial charge in [0.25, 0.3) is 0 Å². The van der Waals surface area contributed by atoms with Crippen LogP contribution >= 0.6 is 0 Å². The Morgan fingerprint density at radius 1 is 0.476 bits per heavy atom. The molecular formula is C33H63N3O6. The van der Waals surface area contributed by atoms with E-state index in [2.05, 4.69) is 36.7 Å². The monoisotopic (exact) mass is 597 g/mol. The number of unbranched alkanes of at least 4 members (excludes halogenated alkanes) is 3. The molecule has 3 saturated carbocycles. The van der Waals surface area contributed by atoms with Crippen LogP contribution in [0.3, 0.4) is 0 Å². The van der Waals surface area contributed by atoms with Gasteiger partial charge in [0.1, 0.15) is 0 Å². The van der Waals surface area contributed by atoms with Crippen molar-refractivity contribution in [2.24, 2.45) is 17.8 Å².